The molecule has 0 aromatic carbocycles. The van der Waals surface area contributed by atoms with Crippen LogP contribution in [0.3, 0.4) is 0 Å². The normalized spacial score (nSPS) is 24.2. The number of nitrogens with one attached hydrogen (secondary N) is 1. The third-order valence-electron chi connectivity index (χ3n) is 4.96. The topological polar surface area (TPSA) is 59.8 Å². The smallest absolute Gasteiger partial charge is 0.266 e. The molecule has 5 nitrogen and oxygen atoms in total. The van der Waals surface area contributed by atoms with Gasteiger partial charge in [0.2, 0.25) is 0 Å². The van der Waals surface area contributed by atoms with E-state index in [9.17, 15) is 4.79 Å². The van der Waals surface area contributed by atoms with Crippen LogP contribution < -0.4 is 10.9 Å². The molecule has 4 rings (SSSR count). The molecule has 6 heteroatoms. The second-order valence-corrected chi connectivity index (χ2v) is 7.64. The zero-order valence-electron chi connectivity index (χ0n) is 13.2. The minimum absolute atomic E-state index is 0.0107. The van der Waals surface area contributed by atoms with Crippen LogP contribution in [-0.2, 0) is 12.8 Å². The van der Waals surface area contributed by atoms with E-state index in [1.54, 1.807) is 23.0 Å². The van der Waals surface area contributed by atoms with Crippen molar-refractivity contribution < 1.29 is 0 Å². The summed E-state index contributed by atoms with van der Waals surface area (Å²) in [4.78, 5) is 18.1. The lowest BCUT2D eigenvalue weighted by atomic mass is 9.91. The molecule has 1 fully saturated rings. The fourth-order valence-electron chi connectivity index (χ4n) is 3.70. The number of rotatable bonds is 3. The van der Waals surface area contributed by atoms with Crippen LogP contribution in [0.15, 0.2) is 23.1 Å². The molecule has 2 aliphatic rings. The van der Waals surface area contributed by atoms with Crippen LogP contribution in [0.5, 0.6) is 0 Å². The van der Waals surface area contributed by atoms with Crippen LogP contribution in [0.1, 0.15) is 55.1 Å². The molecule has 23 heavy (non-hydrogen) atoms. The molecule has 0 amide bonds. The first kappa shape index (κ1) is 14.9. The Bertz CT molecular complexity index is 707. The Kier molecular flexibility index (Phi) is 4.16. The molecule has 2 aromatic rings. The molecule has 2 aromatic heterocycles. The van der Waals surface area contributed by atoms with E-state index in [1.807, 2.05) is 11.3 Å². The SMILES string of the molecule is O=c1cccnn1C1CCC(Nc2nc3c(s2)CCCC3)CC1. The monoisotopic (exact) mass is 330 g/mol. The van der Waals surface area contributed by atoms with Crippen LogP contribution in [0.2, 0.25) is 0 Å². The molecule has 1 N–H and O–H groups in total. The molecule has 0 atom stereocenters. The maximum absolute atomic E-state index is 11.9. The number of hydrogen-bond acceptors (Lipinski definition) is 5. The van der Waals surface area contributed by atoms with Gasteiger partial charge >= 0.3 is 0 Å². The summed E-state index contributed by atoms with van der Waals surface area (Å²) in [5.74, 6) is 0. The molecule has 0 saturated heterocycles. The number of aromatic nitrogens is 3. The van der Waals surface area contributed by atoms with Gasteiger partial charge in [-0.15, -0.1) is 11.3 Å². The summed E-state index contributed by atoms with van der Waals surface area (Å²) < 4.78 is 1.65. The Morgan fingerprint density at radius 2 is 2.00 bits per heavy atom. The number of thiazole rings is 1. The van der Waals surface area contributed by atoms with Crippen LogP contribution in [-0.4, -0.2) is 20.8 Å². The predicted molar refractivity (Wildman–Crippen MR) is 92.2 cm³/mol. The van der Waals surface area contributed by atoms with E-state index in [-0.39, 0.29) is 11.6 Å². The first-order chi connectivity index (χ1) is 11.3. The van der Waals surface area contributed by atoms with Gasteiger partial charge in [-0.05, 0) is 57.4 Å². The second kappa shape index (κ2) is 6.43. The van der Waals surface area contributed by atoms with E-state index in [4.69, 9.17) is 4.98 Å². The first-order valence-electron chi connectivity index (χ1n) is 8.58. The van der Waals surface area contributed by atoms with Gasteiger partial charge in [0.25, 0.3) is 5.56 Å². The predicted octanol–water partition coefficient (Wildman–Crippen LogP) is 3.17. The molecular weight excluding hydrogens is 308 g/mol. The van der Waals surface area contributed by atoms with Crippen molar-refractivity contribution in [1.29, 1.82) is 0 Å². The molecule has 2 heterocycles. The number of nitrogens with zero attached hydrogens (tertiary/aromatic N) is 3. The van der Waals surface area contributed by atoms with E-state index in [1.165, 1.54) is 29.8 Å². The fourth-order valence-corrected chi connectivity index (χ4v) is 4.82. The van der Waals surface area contributed by atoms with Gasteiger partial charge in [0.1, 0.15) is 0 Å². The maximum atomic E-state index is 11.9. The minimum Gasteiger partial charge on any atom is -0.359 e. The number of anilines is 1. The van der Waals surface area contributed by atoms with E-state index >= 15 is 0 Å². The highest BCUT2D eigenvalue weighted by Crippen LogP contribution is 2.33. The van der Waals surface area contributed by atoms with Gasteiger partial charge in [-0.25, -0.2) is 9.67 Å². The highest BCUT2D eigenvalue weighted by molar-refractivity contribution is 7.15. The van der Waals surface area contributed by atoms with Gasteiger partial charge in [0.05, 0.1) is 11.7 Å². The van der Waals surface area contributed by atoms with Crippen molar-refractivity contribution in [2.75, 3.05) is 5.32 Å². The van der Waals surface area contributed by atoms with Crippen molar-refractivity contribution in [1.82, 2.24) is 14.8 Å². The average molecular weight is 330 g/mol. The number of fused-ring (bicyclic) bond motifs is 1. The van der Waals surface area contributed by atoms with Gasteiger partial charge in [0.15, 0.2) is 5.13 Å². The zero-order chi connectivity index (χ0) is 15.6. The van der Waals surface area contributed by atoms with E-state index in [0.717, 1.165) is 37.2 Å². The van der Waals surface area contributed by atoms with Gasteiger partial charge in [0, 0.05) is 23.2 Å². The number of hydrogen-bond donors (Lipinski definition) is 1. The average Bonchev–Trinajstić information content (AvgIpc) is 2.98. The van der Waals surface area contributed by atoms with Crippen molar-refractivity contribution in [2.45, 2.75) is 63.5 Å². The lowest BCUT2D eigenvalue weighted by Crippen LogP contribution is -2.32. The van der Waals surface area contributed by atoms with E-state index < -0.39 is 0 Å². The summed E-state index contributed by atoms with van der Waals surface area (Å²) >= 11 is 1.84. The highest BCUT2D eigenvalue weighted by atomic mass is 32.1. The molecule has 0 spiro atoms. The maximum Gasteiger partial charge on any atom is 0.266 e. The largest absolute Gasteiger partial charge is 0.359 e. The Labute approximate surface area is 139 Å². The third-order valence-corrected chi connectivity index (χ3v) is 6.05. The lowest BCUT2D eigenvalue weighted by molar-refractivity contribution is 0.303. The van der Waals surface area contributed by atoms with Crippen molar-refractivity contribution >= 4 is 16.5 Å². The van der Waals surface area contributed by atoms with Gasteiger partial charge in [-0.3, -0.25) is 4.79 Å². The molecular formula is C17H22N4OS. The van der Waals surface area contributed by atoms with Crippen LogP contribution >= 0.6 is 11.3 Å². The molecule has 0 bridgehead atoms. The Morgan fingerprint density at radius 3 is 2.78 bits per heavy atom. The van der Waals surface area contributed by atoms with Gasteiger partial charge in [-0.2, -0.15) is 5.10 Å². The first-order valence-corrected chi connectivity index (χ1v) is 9.40. The van der Waals surface area contributed by atoms with Crippen LogP contribution in [0, 0.1) is 0 Å². The molecule has 2 aliphatic carbocycles. The molecule has 0 unspecified atom stereocenters. The summed E-state index contributed by atoms with van der Waals surface area (Å²) in [6.07, 6.45) is 10.8. The summed E-state index contributed by atoms with van der Waals surface area (Å²) in [6, 6.07) is 4.01. The Balaban J connectivity index is 1.37. The van der Waals surface area contributed by atoms with E-state index in [2.05, 4.69) is 10.4 Å². The highest BCUT2D eigenvalue weighted by Gasteiger charge is 2.24. The van der Waals surface area contributed by atoms with Crippen molar-refractivity contribution in [3.05, 3.63) is 39.3 Å². The van der Waals surface area contributed by atoms with Crippen molar-refractivity contribution in [3.63, 3.8) is 0 Å². The van der Waals surface area contributed by atoms with Crippen LogP contribution in [0.4, 0.5) is 5.13 Å². The van der Waals surface area contributed by atoms with E-state index in [0.29, 0.717) is 6.04 Å². The number of aryl methyl sites for hydroxylation is 2. The summed E-state index contributed by atoms with van der Waals surface area (Å²) in [5, 5.41) is 8.95. The quantitative estimate of drug-likeness (QED) is 0.939. The van der Waals surface area contributed by atoms with Gasteiger partial charge < -0.3 is 5.32 Å². The third kappa shape index (κ3) is 3.17. The summed E-state index contributed by atoms with van der Waals surface area (Å²) in [6.45, 7) is 0. The Morgan fingerprint density at radius 1 is 1.17 bits per heavy atom. The molecule has 122 valence electrons. The summed E-state index contributed by atoms with van der Waals surface area (Å²) in [7, 11) is 0. The molecule has 1 saturated carbocycles. The van der Waals surface area contributed by atoms with Crippen molar-refractivity contribution in [2.24, 2.45) is 0 Å². The Hall–Kier alpha value is -1.69. The fraction of sp³-hybridized carbons (Fsp3) is 0.588. The molecule has 0 aliphatic heterocycles. The lowest BCUT2D eigenvalue weighted by Gasteiger charge is -2.29. The van der Waals surface area contributed by atoms with Crippen LogP contribution in [0.25, 0.3) is 0 Å². The van der Waals surface area contributed by atoms with Crippen molar-refractivity contribution in [3.8, 4) is 0 Å². The summed E-state index contributed by atoms with van der Waals surface area (Å²) in [5.41, 5.74) is 1.33. The minimum atomic E-state index is 0.0107. The standard InChI is InChI=1S/C17H22N4OS/c22-16-6-3-11-18-21(16)13-9-7-12(8-10-13)19-17-20-14-4-1-2-5-15(14)23-17/h3,6,11-13H,1-2,4-5,7-10H2,(H,19,20). The zero-order valence-corrected chi connectivity index (χ0v) is 14.0. The molecule has 0 radical (unpaired) electrons. The van der Waals surface area contributed by atoms with Gasteiger partial charge in [-0.1, -0.05) is 0 Å². The second-order valence-electron chi connectivity index (χ2n) is 6.55.